The van der Waals surface area contributed by atoms with E-state index in [9.17, 15) is 9.59 Å². The van der Waals surface area contributed by atoms with E-state index in [-0.39, 0.29) is 5.82 Å². The van der Waals surface area contributed by atoms with Crippen LogP contribution in [0.1, 0.15) is 16.6 Å². The lowest BCUT2D eigenvalue weighted by molar-refractivity contribution is -0.105. The minimum absolute atomic E-state index is 0.262. The zero-order valence-electron chi connectivity index (χ0n) is 8.27. The van der Waals surface area contributed by atoms with Gasteiger partial charge in [-0.05, 0) is 13.2 Å². The third-order valence-corrected chi connectivity index (χ3v) is 3.46. The van der Waals surface area contributed by atoms with Crippen LogP contribution >= 0.6 is 23.1 Å². The molecule has 0 aliphatic heterocycles. The van der Waals surface area contributed by atoms with Crippen molar-refractivity contribution >= 4 is 41.3 Å². The van der Waals surface area contributed by atoms with Gasteiger partial charge in [-0.2, -0.15) is 0 Å². The summed E-state index contributed by atoms with van der Waals surface area (Å²) in [5.74, 6) is -0.197. The number of amides is 1. The Morgan fingerprint density at radius 2 is 2.47 bits per heavy atom. The second kappa shape index (κ2) is 5.72. The molecule has 1 aromatic heterocycles. The highest BCUT2D eigenvalue weighted by atomic mass is 32.2. The van der Waals surface area contributed by atoms with Gasteiger partial charge in [0, 0.05) is 0 Å². The van der Waals surface area contributed by atoms with Gasteiger partial charge in [0.25, 0.3) is 0 Å². The molecule has 0 aliphatic carbocycles. The number of esters is 1. The van der Waals surface area contributed by atoms with Crippen molar-refractivity contribution in [3.8, 4) is 0 Å². The number of carbonyl (C=O) groups is 2. The number of anilines is 1. The molecule has 1 aromatic rings. The highest BCUT2D eigenvalue weighted by Gasteiger charge is 2.18. The van der Waals surface area contributed by atoms with Crippen LogP contribution in [0.4, 0.5) is 5.82 Å². The number of rotatable bonds is 5. The van der Waals surface area contributed by atoms with Gasteiger partial charge in [-0.1, -0.05) is 23.1 Å². The predicted octanol–water partition coefficient (Wildman–Crippen LogP) is 1.61. The lowest BCUT2D eigenvalue weighted by atomic mass is 10.5. The second-order valence-electron chi connectivity index (χ2n) is 2.34. The van der Waals surface area contributed by atoms with Gasteiger partial charge in [-0.3, -0.25) is 4.79 Å². The minimum Gasteiger partial charge on any atom is -0.462 e. The lowest BCUT2D eigenvalue weighted by Crippen LogP contribution is -2.06. The van der Waals surface area contributed by atoms with Gasteiger partial charge in [-0.15, -0.1) is 0 Å². The number of hydrogen-bond donors (Lipinski definition) is 1. The molecule has 1 N–H and O–H groups in total. The maximum Gasteiger partial charge on any atom is 0.352 e. The summed E-state index contributed by atoms with van der Waals surface area (Å²) < 4.78 is 5.55. The molecule has 15 heavy (non-hydrogen) atoms. The normalized spacial score (nSPS) is 9.73. The maximum atomic E-state index is 11.5. The highest BCUT2D eigenvalue weighted by molar-refractivity contribution is 8.00. The molecule has 5 nitrogen and oxygen atoms in total. The van der Waals surface area contributed by atoms with Crippen LogP contribution in [0.3, 0.4) is 0 Å². The third-order valence-electron chi connectivity index (χ3n) is 1.44. The van der Waals surface area contributed by atoms with E-state index in [1.165, 1.54) is 23.1 Å². The Morgan fingerprint density at radius 3 is 3.00 bits per heavy atom. The first-order chi connectivity index (χ1) is 7.22. The summed E-state index contributed by atoms with van der Waals surface area (Å²) in [6, 6.07) is 0. The van der Waals surface area contributed by atoms with E-state index in [1.807, 2.05) is 6.26 Å². The zero-order chi connectivity index (χ0) is 11.3. The molecule has 0 aliphatic rings. The van der Waals surface area contributed by atoms with Crippen molar-refractivity contribution in [3.63, 3.8) is 0 Å². The Hall–Kier alpha value is -1.08. The lowest BCUT2D eigenvalue weighted by Gasteiger charge is -1.99. The number of ether oxygens (including phenoxy) is 1. The number of nitrogens with one attached hydrogen (secondary N) is 1. The molecule has 0 unspecified atom stereocenters. The van der Waals surface area contributed by atoms with Gasteiger partial charge in [0.15, 0.2) is 15.0 Å². The van der Waals surface area contributed by atoms with Gasteiger partial charge in [0.2, 0.25) is 6.41 Å². The Bertz CT molecular complexity index is 365. The summed E-state index contributed by atoms with van der Waals surface area (Å²) >= 11 is 2.61. The van der Waals surface area contributed by atoms with Crippen LogP contribution in [0.5, 0.6) is 0 Å². The quantitative estimate of drug-likeness (QED) is 0.485. The van der Waals surface area contributed by atoms with E-state index in [1.54, 1.807) is 6.92 Å². The molecule has 1 amide bonds. The molecule has 0 aromatic carbocycles. The molecule has 0 fully saturated rings. The fraction of sp³-hybridized carbons (Fsp3) is 0.375. The Balaban J connectivity index is 2.97. The molecule has 0 saturated heterocycles. The van der Waals surface area contributed by atoms with Gasteiger partial charge in [0.1, 0.15) is 0 Å². The van der Waals surface area contributed by atoms with Crippen LogP contribution in [0.2, 0.25) is 0 Å². The molecule has 1 heterocycles. The molecule has 1 rings (SSSR count). The number of nitrogens with zero attached hydrogens (tertiary/aromatic N) is 1. The van der Waals surface area contributed by atoms with Gasteiger partial charge in [-0.25, -0.2) is 9.78 Å². The topological polar surface area (TPSA) is 68.3 Å². The Morgan fingerprint density at radius 1 is 1.73 bits per heavy atom. The average Bonchev–Trinajstić information content (AvgIpc) is 2.62. The summed E-state index contributed by atoms with van der Waals surface area (Å²) in [6.45, 7) is 2.02. The van der Waals surface area contributed by atoms with Gasteiger partial charge < -0.3 is 10.1 Å². The third kappa shape index (κ3) is 2.93. The van der Waals surface area contributed by atoms with E-state index in [0.717, 1.165) is 0 Å². The van der Waals surface area contributed by atoms with Crippen LogP contribution < -0.4 is 5.32 Å². The summed E-state index contributed by atoms with van der Waals surface area (Å²) in [5.41, 5.74) is 0. The standard InChI is InChI=1S/C8H10N2O3S2/c1-3-13-7(12)5-6(9-4-11)10-8(14-2)15-5/h4H,3H2,1-2H3,(H,9,11). The summed E-state index contributed by atoms with van der Waals surface area (Å²) in [7, 11) is 0. The van der Waals surface area contributed by atoms with Crippen molar-refractivity contribution in [2.24, 2.45) is 0 Å². The highest BCUT2D eigenvalue weighted by Crippen LogP contribution is 2.29. The van der Waals surface area contributed by atoms with Crippen LogP contribution in [-0.4, -0.2) is 30.2 Å². The first-order valence-electron chi connectivity index (χ1n) is 4.15. The molecule has 7 heteroatoms. The molecular formula is C8H10N2O3S2. The number of carbonyl (C=O) groups excluding carboxylic acids is 2. The Labute approximate surface area is 95.2 Å². The number of hydrogen-bond acceptors (Lipinski definition) is 6. The summed E-state index contributed by atoms with van der Waals surface area (Å²) in [6.07, 6.45) is 2.33. The average molecular weight is 246 g/mol. The van der Waals surface area contributed by atoms with E-state index < -0.39 is 5.97 Å². The van der Waals surface area contributed by atoms with E-state index in [2.05, 4.69) is 10.3 Å². The summed E-state index contributed by atoms with van der Waals surface area (Å²) in [4.78, 5) is 26.1. The fourth-order valence-electron chi connectivity index (χ4n) is 0.876. The number of aromatic nitrogens is 1. The molecule has 0 bridgehead atoms. The van der Waals surface area contributed by atoms with Crippen LogP contribution in [0.25, 0.3) is 0 Å². The van der Waals surface area contributed by atoms with Crippen molar-refractivity contribution in [1.29, 1.82) is 0 Å². The fourth-order valence-corrected chi connectivity index (χ4v) is 2.30. The molecule has 0 radical (unpaired) electrons. The number of thiazole rings is 1. The van der Waals surface area contributed by atoms with E-state index in [4.69, 9.17) is 4.74 Å². The van der Waals surface area contributed by atoms with Crippen LogP contribution in [0, 0.1) is 0 Å². The SMILES string of the molecule is CCOC(=O)c1sc(SC)nc1NC=O. The first kappa shape index (κ1) is 12.0. The van der Waals surface area contributed by atoms with Crippen molar-refractivity contribution in [2.45, 2.75) is 11.3 Å². The predicted molar refractivity (Wildman–Crippen MR) is 59.5 cm³/mol. The van der Waals surface area contributed by atoms with Crippen molar-refractivity contribution in [2.75, 3.05) is 18.2 Å². The molecular weight excluding hydrogens is 236 g/mol. The van der Waals surface area contributed by atoms with Crippen molar-refractivity contribution < 1.29 is 14.3 Å². The molecule has 82 valence electrons. The Kier molecular flexibility index (Phi) is 4.57. The van der Waals surface area contributed by atoms with Gasteiger partial charge in [0.05, 0.1) is 6.61 Å². The molecule has 0 atom stereocenters. The monoisotopic (exact) mass is 246 g/mol. The maximum absolute atomic E-state index is 11.5. The zero-order valence-corrected chi connectivity index (χ0v) is 9.91. The second-order valence-corrected chi connectivity index (χ2v) is 4.40. The van der Waals surface area contributed by atoms with Crippen molar-refractivity contribution in [1.82, 2.24) is 4.98 Å². The minimum atomic E-state index is -0.459. The van der Waals surface area contributed by atoms with E-state index >= 15 is 0 Å². The van der Waals surface area contributed by atoms with Gasteiger partial charge >= 0.3 is 5.97 Å². The van der Waals surface area contributed by atoms with Crippen molar-refractivity contribution in [3.05, 3.63) is 4.88 Å². The largest absolute Gasteiger partial charge is 0.462 e. The molecule has 0 saturated carbocycles. The molecule has 0 spiro atoms. The summed E-state index contributed by atoms with van der Waals surface area (Å²) in [5, 5.41) is 2.37. The van der Waals surface area contributed by atoms with Crippen LogP contribution in [-0.2, 0) is 9.53 Å². The number of thioether (sulfide) groups is 1. The smallest absolute Gasteiger partial charge is 0.352 e. The van der Waals surface area contributed by atoms with E-state index in [0.29, 0.717) is 22.2 Å². The van der Waals surface area contributed by atoms with Crippen LogP contribution in [0.15, 0.2) is 4.34 Å². The first-order valence-corrected chi connectivity index (χ1v) is 6.19.